The largest absolute Gasteiger partial charge is 1.00 e. The number of rotatable bonds is 14. The number of thiocarbonyl (C=S) groups is 1. The van der Waals surface area contributed by atoms with Crippen LogP contribution in [-0.2, 0) is 19.5 Å². The maximum atomic E-state index is 13.4. The zero-order chi connectivity index (χ0) is 42.2. The van der Waals surface area contributed by atoms with E-state index < -0.39 is 48.9 Å². The number of carbonyl (C=O) groups is 1. The van der Waals surface area contributed by atoms with Gasteiger partial charge in [0.25, 0.3) is 0 Å². The number of phenolic OH excluding ortho intramolecular Hbond substituents is 2. The summed E-state index contributed by atoms with van der Waals surface area (Å²) in [4.78, 5) is 67.0. The molecule has 0 aliphatic carbocycles. The third-order valence-corrected chi connectivity index (χ3v) is 13.2. The number of ether oxygens (including phenoxy) is 3. The Morgan fingerprint density at radius 2 is 1.57 bits per heavy atom. The molecular formula is C35H33N5Na2O15P2S. The van der Waals surface area contributed by atoms with Crippen molar-refractivity contribution < 1.29 is 127 Å². The zero-order valence-electron chi connectivity index (χ0n) is 32.0. The van der Waals surface area contributed by atoms with Crippen LogP contribution in [0.5, 0.6) is 28.7 Å². The summed E-state index contributed by atoms with van der Waals surface area (Å²) in [6.07, 6.45) is 0.435. The number of nitrogens with zero attached hydrogens (tertiary/aromatic N) is 3. The van der Waals surface area contributed by atoms with Crippen molar-refractivity contribution in [1.29, 1.82) is 0 Å². The minimum Gasteiger partial charge on any atom is -0.776 e. The van der Waals surface area contributed by atoms with Gasteiger partial charge in [0.15, 0.2) is 36.7 Å². The maximum Gasteiger partial charge on any atom is 1.00 e. The van der Waals surface area contributed by atoms with Crippen LogP contribution in [-0.4, -0.2) is 84.1 Å². The van der Waals surface area contributed by atoms with Crippen LogP contribution in [0.3, 0.4) is 0 Å². The molecule has 4 aromatic rings. The van der Waals surface area contributed by atoms with E-state index in [1.165, 1.54) is 66.7 Å². The summed E-state index contributed by atoms with van der Waals surface area (Å²) >= 11 is 5.35. The van der Waals surface area contributed by atoms with Gasteiger partial charge in [-0.2, -0.15) is 5.10 Å². The molecule has 2 aliphatic heterocycles. The van der Waals surface area contributed by atoms with Crippen molar-refractivity contribution in [3.8, 4) is 28.7 Å². The first-order valence-corrected chi connectivity index (χ1v) is 20.5. The average Bonchev–Trinajstić information content (AvgIpc) is 3.42. The number of nitro benzene ring substituents is 1. The van der Waals surface area contributed by atoms with Gasteiger partial charge in [-0.05, 0) is 74.2 Å². The molecule has 0 radical (unpaired) electrons. The van der Waals surface area contributed by atoms with Crippen LogP contribution < -0.4 is 89.1 Å². The molecule has 0 fully saturated rings. The van der Waals surface area contributed by atoms with E-state index in [1.807, 2.05) is 0 Å². The van der Waals surface area contributed by atoms with Crippen molar-refractivity contribution in [2.24, 2.45) is 5.10 Å². The molecule has 2 aliphatic rings. The van der Waals surface area contributed by atoms with Gasteiger partial charge in [-0.25, -0.2) is 4.79 Å². The molecule has 2 atom stereocenters. The number of aliphatic hydroxyl groups is 1. The van der Waals surface area contributed by atoms with Crippen LogP contribution in [0.4, 0.5) is 11.4 Å². The van der Waals surface area contributed by atoms with Gasteiger partial charge in [0.1, 0.15) is 23.0 Å². The molecule has 2 heterocycles. The molecule has 6 rings (SSSR count). The Hall–Kier alpha value is -3.47. The van der Waals surface area contributed by atoms with E-state index in [2.05, 4.69) is 15.8 Å². The number of hydrogen-bond acceptors (Lipinski definition) is 16. The Bertz CT molecular complexity index is 2380. The number of carbonyl (C=O) groups excluding carboxylic acids is 1. The van der Waals surface area contributed by atoms with E-state index in [0.29, 0.717) is 27.9 Å². The number of hydrogen-bond donors (Lipinski definition) is 7. The zero-order valence-corrected chi connectivity index (χ0v) is 38.6. The van der Waals surface area contributed by atoms with Gasteiger partial charge in [-0.15, -0.1) is 0 Å². The SMILES string of the molecule is CN(CCCOc1ccc(/C=N/NC(=S)Nc2ccc3c(c2)C(=O)OC32c3ccc(O)cc3Oc3cc(O)ccc32)cc1[N+](=O)[O-])CCC(O)(P(=O)([O-])O)P(=O)([O-])O.[Na+].[Na+]. The monoisotopic (exact) mass is 903 g/mol. The number of aromatic hydroxyl groups is 2. The molecule has 2 unspecified atom stereocenters. The first-order chi connectivity index (χ1) is 27.2. The van der Waals surface area contributed by atoms with E-state index in [-0.39, 0.29) is 125 Å². The fourth-order valence-corrected chi connectivity index (χ4v) is 8.61. The molecule has 0 saturated carbocycles. The second kappa shape index (κ2) is 19.3. The first kappa shape index (κ1) is 49.2. The van der Waals surface area contributed by atoms with Crippen LogP contribution >= 0.6 is 27.4 Å². The Balaban J connectivity index is 0.00000397. The van der Waals surface area contributed by atoms with Crippen LogP contribution in [0.15, 0.2) is 77.9 Å². The minimum atomic E-state index is -5.90. The van der Waals surface area contributed by atoms with E-state index >= 15 is 0 Å². The second-order valence-electron chi connectivity index (χ2n) is 13.2. The second-order valence-corrected chi connectivity index (χ2v) is 17.5. The number of fused-ring (bicyclic) bond motifs is 6. The number of nitrogens with one attached hydrogen (secondary N) is 2. The summed E-state index contributed by atoms with van der Waals surface area (Å²) < 4.78 is 40.4. The fraction of sp³-hybridized carbons (Fsp3) is 0.229. The van der Waals surface area contributed by atoms with E-state index in [9.17, 15) is 49.1 Å². The van der Waals surface area contributed by atoms with Crippen molar-refractivity contribution in [3.63, 3.8) is 0 Å². The van der Waals surface area contributed by atoms with Crippen LogP contribution in [0, 0.1) is 10.1 Å². The number of benzene rings is 4. The predicted octanol–water partition coefficient (Wildman–Crippen LogP) is -3.27. The summed E-state index contributed by atoms with van der Waals surface area (Å²) in [5.74, 6) is -0.415. The number of esters is 1. The topological polar surface area (TPSA) is 309 Å². The average molecular weight is 904 g/mol. The summed E-state index contributed by atoms with van der Waals surface area (Å²) in [5, 5.41) is 45.2. The van der Waals surface area contributed by atoms with Gasteiger partial charge in [-0.1, -0.05) is 6.07 Å². The van der Waals surface area contributed by atoms with Crippen LogP contribution in [0.1, 0.15) is 45.5 Å². The van der Waals surface area contributed by atoms with Gasteiger partial charge < -0.3 is 68.5 Å². The van der Waals surface area contributed by atoms with Gasteiger partial charge >= 0.3 is 70.8 Å². The molecule has 0 saturated heterocycles. The van der Waals surface area contributed by atoms with Crippen molar-refractivity contribution >= 4 is 56.1 Å². The molecule has 20 nitrogen and oxygen atoms in total. The first-order valence-electron chi connectivity index (χ1n) is 17.0. The molecule has 306 valence electrons. The number of nitro groups is 1. The minimum absolute atomic E-state index is 0. The predicted molar refractivity (Wildman–Crippen MR) is 205 cm³/mol. The van der Waals surface area contributed by atoms with Gasteiger partial charge in [0.05, 0.1) is 23.3 Å². The summed E-state index contributed by atoms with van der Waals surface area (Å²) in [6, 6.07) is 17.7. The Morgan fingerprint density at radius 1 is 0.967 bits per heavy atom. The van der Waals surface area contributed by atoms with Crippen molar-refractivity contribution in [1.82, 2.24) is 10.3 Å². The third-order valence-electron chi connectivity index (χ3n) is 9.27. The molecule has 1 spiro atoms. The fourth-order valence-electron chi connectivity index (χ4n) is 6.40. The van der Waals surface area contributed by atoms with Crippen LogP contribution in [0.25, 0.3) is 0 Å². The molecule has 60 heavy (non-hydrogen) atoms. The van der Waals surface area contributed by atoms with Gasteiger partial charge in [0.2, 0.25) is 0 Å². The van der Waals surface area contributed by atoms with Crippen LogP contribution in [0.2, 0.25) is 0 Å². The van der Waals surface area contributed by atoms with Crippen molar-refractivity contribution in [2.45, 2.75) is 23.5 Å². The third kappa shape index (κ3) is 10.1. The molecule has 0 amide bonds. The van der Waals surface area contributed by atoms with E-state index in [0.717, 1.165) is 0 Å². The van der Waals surface area contributed by atoms with Gasteiger partial charge in [-0.3, -0.25) is 15.5 Å². The number of anilines is 1. The quantitative estimate of drug-likeness (QED) is 0.00954. The molecular weight excluding hydrogens is 870 g/mol. The standard InChI is InChI=1S/C35H35N5O15P2S.2Na/c1-39(13-11-34(44,56(47,48)49)57(50,51)52)12-2-14-53-29-10-3-20(15-28(29)40(45)46)19-36-38-33(58)37-21-4-7-25-24(16-21)32(43)55-35(25)26-8-5-22(41)17-30(26)54-31-18-23(42)6-9-27(31)35;;/h3-10,15-19,41-42,44H,2,11-14H2,1H3,(H2,37,38,58)(H2,47,48,49)(H2,50,51,52);;/q;2*+1/p-2/b36-19+;;. The molecule has 7 N–H and O–H groups in total. The Labute approximate surface area is 390 Å². The van der Waals surface area contributed by atoms with Gasteiger partial charge in [0, 0.05) is 65.7 Å². The Kier molecular flexibility index (Phi) is 15.8. The van der Waals surface area contributed by atoms with E-state index in [4.69, 9.17) is 36.2 Å². The van der Waals surface area contributed by atoms with E-state index in [1.54, 1.807) is 24.3 Å². The molecule has 0 aromatic heterocycles. The number of phenols is 2. The molecule has 0 bridgehead atoms. The normalized spacial score (nSPS) is 16.3. The summed E-state index contributed by atoms with van der Waals surface area (Å²) in [6.45, 7) is -0.290. The molecule has 25 heteroatoms. The summed E-state index contributed by atoms with van der Waals surface area (Å²) in [7, 11) is -10.3. The van der Waals surface area contributed by atoms with Crippen molar-refractivity contribution in [2.75, 3.05) is 32.1 Å². The maximum absolute atomic E-state index is 13.4. The molecule has 4 aromatic carbocycles. The Morgan fingerprint density at radius 3 is 2.15 bits per heavy atom. The number of hydrazone groups is 1. The summed E-state index contributed by atoms with van der Waals surface area (Å²) in [5.41, 5.74) is 3.07. The van der Waals surface area contributed by atoms with Crippen molar-refractivity contribution in [3.05, 3.63) is 111 Å². The smallest absolute Gasteiger partial charge is 0.776 e.